The first kappa shape index (κ1) is 16.1. The van der Waals surface area contributed by atoms with Gasteiger partial charge >= 0.3 is 0 Å². The van der Waals surface area contributed by atoms with Crippen LogP contribution in [0.2, 0.25) is 0 Å². The molecule has 0 N–H and O–H groups in total. The van der Waals surface area contributed by atoms with Crippen LogP contribution in [0.3, 0.4) is 0 Å². The van der Waals surface area contributed by atoms with Crippen molar-refractivity contribution in [1.82, 2.24) is 9.88 Å². The van der Waals surface area contributed by atoms with Crippen molar-refractivity contribution in [3.05, 3.63) is 40.2 Å². The van der Waals surface area contributed by atoms with E-state index in [-0.39, 0.29) is 5.91 Å². The van der Waals surface area contributed by atoms with Gasteiger partial charge in [-0.15, -0.1) is 0 Å². The van der Waals surface area contributed by atoms with E-state index in [4.69, 9.17) is 4.74 Å². The number of pyridine rings is 1. The zero-order chi connectivity index (χ0) is 16.2. The van der Waals surface area contributed by atoms with Gasteiger partial charge in [0.2, 0.25) is 0 Å². The predicted molar refractivity (Wildman–Crippen MR) is 92.8 cm³/mol. The lowest BCUT2D eigenvalue weighted by atomic mass is 10.1. The molecule has 0 saturated carbocycles. The molecule has 1 aliphatic rings. The average molecular weight is 330 g/mol. The molecular formula is C18H22N2O2S. The minimum atomic E-state index is 0.0706. The molecule has 3 rings (SSSR count). The third-order valence-electron chi connectivity index (χ3n) is 4.30. The number of aryl methyl sites for hydroxylation is 1. The second-order valence-electron chi connectivity index (χ2n) is 5.91. The maximum absolute atomic E-state index is 12.8. The molecule has 0 aliphatic carbocycles. The molecule has 0 bridgehead atoms. The van der Waals surface area contributed by atoms with Crippen LogP contribution in [0.5, 0.6) is 0 Å². The number of nitrogens with zero attached hydrogens (tertiary/aromatic N) is 2. The van der Waals surface area contributed by atoms with Crippen molar-refractivity contribution in [2.24, 2.45) is 5.92 Å². The Morgan fingerprint density at radius 3 is 2.91 bits per heavy atom. The summed E-state index contributed by atoms with van der Waals surface area (Å²) in [6.45, 7) is 6.98. The third kappa shape index (κ3) is 3.62. The first-order valence-corrected chi connectivity index (χ1v) is 9.00. The van der Waals surface area contributed by atoms with Gasteiger partial charge in [-0.3, -0.25) is 9.78 Å². The Hall–Kier alpha value is -1.72. The molecule has 122 valence electrons. The summed E-state index contributed by atoms with van der Waals surface area (Å²) in [5, 5.41) is 4.11. The van der Waals surface area contributed by atoms with E-state index in [1.54, 1.807) is 11.3 Å². The molecule has 5 heteroatoms. The van der Waals surface area contributed by atoms with Crippen molar-refractivity contribution in [3.8, 4) is 11.3 Å². The van der Waals surface area contributed by atoms with Crippen LogP contribution in [-0.4, -0.2) is 42.1 Å². The monoisotopic (exact) mass is 330 g/mol. The number of hydrogen-bond acceptors (Lipinski definition) is 4. The van der Waals surface area contributed by atoms with Gasteiger partial charge in [0.1, 0.15) is 0 Å². The molecule has 0 unspecified atom stereocenters. The molecule has 1 aliphatic heterocycles. The van der Waals surface area contributed by atoms with E-state index in [1.807, 2.05) is 42.3 Å². The normalized spacial score (nSPS) is 17.4. The predicted octanol–water partition coefficient (Wildman–Crippen LogP) is 3.62. The zero-order valence-corrected chi connectivity index (χ0v) is 14.4. The fourth-order valence-corrected chi connectivity index (χ4v) is 3.57. The van der Waals surface area contributed by atoms with Crippen LogP contribution in [-0.2, 0) is 4.74 Å². The highest BCUT2D eigenvalue weighted by Gasteiger charge is 2.23. The van der Waals surface area contributed by atoms with E-state index in [0.717, 1.165) is 43.1 Å². The highest BCUT2D eigenvalue weighted by atomic mass is 32.1. The molecule has 1 atom stereocenters. The van der Waals surface area contributed by atoms with E-state index >= 15 is 0 Å². The lowest BCUT2D eigenvalue weighted by Gasteiger charge is -2.24. The molecule has 1 saturated heterocycles. The Balaban J connectivity index is 1.77. The molecule has 0 spiro atoms. The Kier molecular flexibility index (Phi) is 5.08. The molecular weight excluding hydrogens is 308 g/mol. The smallest absolute Gasteiger partial charge is 0.255 e. The molecule has 0 radical (unpaired) electrons. The van der Waals surface area contributed by atoms with Gasteiger partial charge < -0.3 is 9.64 Å². The summed E-state index contributed by atoms with van der Waals surface area (Å²) in [4.78, 5) is 19.4. The third-order valence-corrected chi connectivity index (χ3v) is 4.99. The van der Waals surface area contributed by atoms with Crippen molar-refractivity contribution in [2.45, 2.75) is 20.3 Å². The highest BCUT2D eigenvalue weighted by molar-refractivity contribution is 7.08. The molecule has 2 aromatic heterocycles. The number of rotatable bonds is 5. The number of thiophene rings is 1. The molecule has 2 aromatic rings. The van der Waals surface area contributed by atoms with Crippen molar-refractivity contribution in [2.75, 3.05) is 26.3 Å². The van der Waals surface area contributed by atoms with Gasteiger partial charge in [-0.05, 0) is 43.8 Å². The second-order valence-corrected chi connectivity index (χ2v) is 6.69. The van der Waals surface area contributed by atoms with Gasteiger partial charge in [0.15, 0.2) is 0 Å². The molecule has 4 nitrogen and oxygen atoms in total. The average Bonchev–Trinajstić information content (AvgIpc) is 3.25. The van der Waals surface area contributed by atoms with Crippen LogP contribution in [0.4, 0.5) is 0 Å². The summed E-state index contributed by atoms with van der Waals surface area (Å²) in [6, 6.07) is 5.90. The van der Waals surface area contributed by atoms with Gasteiger partial charge in [-0.2, -0.15) is 11.3 Å². The van der Waals surface area contributed by atoms with Gasteiger partial charge in [0.05, 0.1) is 23.6 Å². The first-order chi connectivity index (χ1) is 11.2. The fourth-order valence-electron chi connectivity index (χ4n) is 2.92. The number of carbonyl (C=O) groups is 1. The van der Waals surface area contributed by atoms with E-state index in [0.29, 0.717) is 18.0 Å². The van der Waals surface area contributed by atoms with Gasteiger partial charge in [0, 0.05) is 36.6 Å². The van der Waals surface area contributed by atoms with E-state index in [9.17, 15) is 4.79 Å². The fraction of sp³-hybridized carbons (Fsp3) is 0.444. The van der Waals surface area contributed by atoms with E-state index in [2.05, 4.69) is 10.4 Å². The van der Waals surface area contributed by atoms with Crippen LogP contribution >= 0.6 is 11.3 Å². The molecule has 23 heavy (non-hydrogen) atoms. The number of amides is 1. The van der Waals surface area contributed by atoms with Crippen LogP contribution in [0.25, 0.3) is 11.3 Å². The van der Waals surface area contributed by atoms with Crippen LogP contribution in [0.15, 0.2) is 29.0 Å². The Morgan fingerprint density at radius 1 is 1.43 bits per heavy atom. The largest absolute Gasteiger partial charge is 0.381 e. The summed E-state index contributed by atoms with van der Waals surface area (Å²) >= 11 is 1.65. The van der Waals surface area contributed by atoms with Crippen molar-refractivity contribution < 1.29 is 9.53 Å². The van der Waals surface area contributed by atoms with Crippen molar-refractivity contribution in [3.63, 3.8) is 0 Å². The molecule has 1 amide bonds. The summed E-state index contributed by atoms with van der Waals surface area (Å²) in [6.07, 6.45) is 1.04. The first-order valence-electron chi connectivity index (χ1n) is 8.06. The Bertz CT molecular complexity index is 664. The SMILES string of the molecule is CCN(C[C@H]1CCOC1)C(=O)c1ccc(-c2ccsc2)nc1C. The number of carbonyl (C=O) groups excluding carboxylic acids is 1. The minimum absolute atomic E-state index is 0.0706. The summed E-state index contributed by atoms with van der Waals surface area (Å²) in [5.41, 5.74) is 3.52. The lowest BCUT2D eigenvalue weighted by molar-refractivity contribution is 0.0729. The van der Waals surface area contributed by atoms with E-state index < -0.39 is 0 Å². The molecule has 0 aromatic carbocycles. The summed E-state index contributed by atoms with van der Waals surface area (Å²) in [7, 11) is 0. The second kappa shape index (κ2) is 7.23. The maximum atomic E-state index is 12.8. The summed E-state index contributed by atoms with van der Waals surface area (Å²) in [5.74, 6) is 0.526. The quantitative estimate of drug-likeness (QED) is 0.841. The van der Waals surface area contributed by atoms with E-state index in [1.165, 1.54) is 0 Å². The maximum Gasteiger partial charge on any atom is 0.255 e. The number of aromatic nitrogens is 1. The summed E-state index contributed by atoms with van der Waals surface area (Å²) < 4.78 is 5.42. The van der Waals surface area contributed by atoms with Crippen LogP contribution in [0.1, 0.15) is 29.4 Å². The van der Waals surface area contributed by atoms with Gasteiger partial charge in [-0.25, -0.2) is 0 Å². The van der Waals surface area contributed by atoms with Crippen molar-refractivity contribution >= 4 is 17.2 Å². The topological polar surface area (TPSA) is 42.4 Å². The van der Waals surface area contributed by atoms with Crippen LogP contribution < -0.4 is 0 Å². The molecule has 1 fully saturated rings. The Morgan fingerprint density at radius 2 is 2.30 bits per heavy atom. The number of hydrogen-bond donors (Lipinski definition) is 0. The van der Waals surface area contributed by atoms with Gasteiger partial charge in [0.25, 0.3) is 5.91 Å². The number of ether oxygens (including phenoxy) is 1. The Labute approximate surface area is 141 Å². The lowest BCUT2D eigenvalue weighted by Crippen LogP contribution is -2.36. The van der Waals surface area contributed by atoms with Gasteiger partial charge in [-0.1, -0.05) is 0 Å². The standard InChI is InChI=1S/C18H22N2O2S/c1-3-20(10-14-6-8-22-11-14)18(21)16-4-5-17(19-13(16)2)15-7-9-23-12-15/h4-5,7,9,12,14H,3,6,8,10-11H2,1-2H3/t14-/m1/s1. The highest BCUT2D eigenvalue weighted by Crippen LogP contribution is 2.22. The zero-order valence-electron chi connectivity index (χ0n) is 13.6. The van der Waals surface area contributed by atoms with Crippen LogP contribution in [0, 0.1) is 12.8 Å². The van der Waals surface area contributed by atoms with Crippen molar-refractivity contribution in [1.29, 1.82) is 0 Å². The molecule has 3 heterocycles. The minimum Gasteiger partial charge on any atom is -0.381 e.